The topological polar surface area (TPSA) is 40.8 Å². The summed E-state index contributed by atoms with van der Waals surface area (Å²) in [6.07, 6.45) is -2.87. The van der Waals surface area contributed by atoms with Gasteiger partial charge >= 0.3 is 6.18 Å². The molecule has 0 saturated carbocycles. The number of hydrogen-bond acceptors (Lipinski definition) is 3. The first kappa shape index (κ1) is 14.6. The van der Waals surface area contributed by atoms with E-state index < -0.39 is 11.7 Å². The van der Waals surface area contributed by atoms with Gasteiger partial charge in [-0.15, -0.1) is 0 Å². The maximum absolute atomic E-state index is 13.1. The summed E-state index contributed by atoms with van der Waals surface area (Å²) in [4.78, 5) is 0.291. The van der Waals surface area contributed by atoms with Crippen LogP contribution in [-0.2, 0) is 6.18 Å². The number of thiazole rings is 1. The largest absolute Gasteiger partial charge is 0.416 e. The van der Waals surface area contributed by atoms with Crippen molar-refractivity contribution in [2.45, 2.75) is 38.0 Å². The number of rotatable bonds is 2. The molecule has 1 aromatic carbocycles. The summed E-state index contributed by atoms with van der Waals surface area (Å²) in [6, 6.07) is 2.44. The summed E-state index contributed by atoms with van der Waals surface area (Å²) < 4.78 is 41.6. The van der Waals surface area contributed by atoms with Gasteiger partial charge in [-0.05, 0) is 43.5 Å². The lowest BCUT2D eigenvalue weighted by Gasteiger charge is -2.31. The van der Waals surface area contributed by atoms with Crippen LogP contribution >= 0.6 is 11.3 Å². The summed E-state index contributed by atoms with van der Waals surface area (Å²) in [7, 11) is 1.82. The van der Waals surface area contributed by atoms with Gasteiger partial charge in [0.2, 0.25) is 0 Å². The Labute approximate surface area is 123 Å². The molecule has 21 heavy (non-hydrogen) atoms. The molecule has 0 radical (unpaired) electrons. The van der Waals surface area contributed by atoms with E-state index in [1.54, 1.807) is 0 Å². The number of benzene rings is 1. The van der Waals surface area contributed by atoms with Gasteiger partial charge in [-0.25, -0.2) is 0 Å². The second-order valence-corrected chi connectivity index (χ2v) is 6.36. The van der Waals surface area contributed by atoms with E-state index in [2.05, 4.69) is 5.32 Å². The average molecular weight is 315 g/mol. The molecule has 0 aliphatic carbocycles. The second-order valence-electron chi connectivity index (χ2n) is 5.33. The SMILES string of the molecule is CC[C@H]1C[C@H](NC)n2c(=N)sc3cc(C(F)(F)F)cc1c32. The zero-order valence-electron chi connectivity index (χ0n) is 11.7. The zero-order valence-corrected chi connectivity index (χ0v) is 12.5. The van der Waals surface area contributed by atoms with E-state index in [1.807, 2.05) is 18.5 Å². The van der Waals surface area contributed by atoms with Gasteiger partial charge in [-0.2, -0.15) is 13.2 Å². The van der Waals surface area contributed by atoms with Gasteiger partial charge in [-0.1, -0.05) is 18.3 Å². The van der Waals surface area contributed by atoms with Gasteiger partial charge in [0, 0.05) is 0 Å². The molecule has 7 heteroatoms. The van der Waals surface area contributed by atoms with Gasteiger partial charge in [0.15, 0.2) is 4.80 Å². The fourth-order valence-electron chi connectivity index (χ4n) is 3.13. The Hall–Kier alpha value is -1.34. The van der Waals surface area contributed by atoms with E-state index in [0.29, 0.717) is 15.9 Å². The molecule has 2 N–H and O–H groups in total. The molecule has 2 aromatic rings. The molecule has 2 heterocycles. The van der Waals surface area contributed by atoms with Crippen molar-refractivity contribution in [1.82, 2.24) is 9.88 Å². The maximum atomic E-state index is 13.1. The Kier molecular flexibility index (Phi) is 3.37. The van der Waals surface area contributed by atoms with E-state index in [-0.39, 0.29) is 12.1 Å². The minimum absolute atomic E-state index is 0.0274. The summed E-state index contributed by atoms with van der Waals surface area (Å²) in [5.41, 5.74) is 0.902. The van der Waals surface area contributed by atoms with Crippen molar-refractivity contribution in [3.05, 3.63) is 28.1 Å². The first-order valence-electron chi connectivity index (χ1n) is 6.84. The molecule has 0 saturated heterocycles. The number of alkyl halides is 3. The lowest BCUT2D eigenvalue weighted by molar-refractivity contribution is -0.137. The van der Waals surface area contributed by atoms with Crippen molar-refractivity contribution in [2.24, 2.45) is 0 Å². The lowest BCUT2D eigenvalue weighted by Crippen LogP contribution is -2.34. The van der Waals surface area contributed by atoms with Crippen LogP contribution in [0.5, 0.6) is 0 Å². The molecule has 0 fully saturated rings. The molecule has 0 bridgehead atoms. The molecule has 1 aliphatic rings. The van der Waals surface area contributed by atoms with Crippen molar-refractivity contribution < 1.29 is 13.2 Å². The number of nitrogens with one attached hydrogen (secondary N) is 2. The Morgan fingerprint density at radius 3 is 2.71 bits per heavy atom. The number of hydrogen-bond donors (Lipinski definition) is 2. The Balaban J connectivity index is 2.36. The van der Waals surface area contributed by atoms with Crippen LogP contribution in [0.25, 0.3) is 10.2 Å². The predicted octanol–water partition coefficient (Wildman–Crippen LogP) is 3.82. The van der Waals surface area contributed by atoms with E-state index in [4.69, 9.17) is 5.41 Å². The third kappa shape index (κ3) is 2.19. The minimum atomic E-state index is -4.35. The first-order valence-corrected chi connectivity index (χ1v) is 7.66. The Morgan fingerprint density at radius 1 is 1.43 bits per heavy atom. The summed E-state index contributed by atoms with van der Waals surface area (Å²) in [5.74, 6) is 0.0845. The van der Waals surface area contributed by atoms with Crippen molar-refractivity contribution >= 4 is 21.6 Å². The summed E-state index contributed by atoms with van der Waals surface area (Å²) in [6.45, 7) is 1.99. The van der Waals surface area contributed by atoms with Crippen LogP contribution in [-0.4, -0.2) is 11.6 Å². The molecule has 3 nitrogen and oxygen atoms in total. The highest BCUT2D eigenvalue weighted by Gasteiger charge is 2.35. The smallest absolute Gasteiger partial charge is 0.301 e. The van der Waals surface area contributed by atoms with Gasteiger partial charge in [0.25, 0.3) is 0 Å². The van der Waals surface area contributed by atoms with Crippen LogP contribution in [0.1, 0.15) is 43.0 Å². The third-order valence-corrected chi connectivity index (χ3v) is 5.10. The standard InChI is InChI=1S/C14H16F3N3S/c1-3-7-4-11(19-2)20-12-9(7)5-8(14(15,16)17)6-10(12)21-13(20)18/h5-7,11,18-19H,3-4H2,1-2H3/t7-,11+/m0/s1. The van der Waals surface area contributed by atoms with Crippen LogP contribution < -0.4 is 10.1 Å². The van der Waals surface area contributed by atoms with Gasteiger partial charge in [0.05, 0.1) is 21.9 Å². The second kappa shape index (κ2) is 4.84. The summed E-state index contributed by atoms with van der Waals surface area (Å²) in [5, 5.41) is 11.2. The number of aromatic nitrogens is 1. The van der Waals surface area contributed by atoms with E-state index in [0.717, 1.165) is 28.8 Å². The first-order chi connectivity index (χ1) is 9.86. The van der Waals surface area contributed by atoms with Crippen molar-refractivity contribution in [3.63, 3.8) is 0 Å². The van der Waals surface area contributed by atoms with Crippen molar-refractivity contribution in [2.75, 3.05) is 7.05 Å². The lowest BCUT2D eigenvalue weighted by atomic mass is 9.87. The van der Waals surface area contributed by atoms with Gasteiger partial charge < -0.3 is 4.57 Å². The minimum Gasteiger partial charge on any atom is -0.301 e. The molecule has 0 amide bonds. The van der Waals surface area contributed by atoms with Crippen LogP contribution in [0.2, 0.25) is 0 Å². The number of nitrogens with zero attached hydrogens (tertiary/aromatic N) is 1. The van der Waals surface area contributed by atoms with Crippen LogP contribution in [0.4, 0.5) is 13.2 Å². The third-order valence-electron chi connectivity index (χ3n) is 4.18. The molecular formula is C14H16F3N3S. The van der Waals surface area contributed by atoms with E-state index in [1.165, 1.54) is 12.1 Å². The quantitative estimate of drug-likeness (QED) is 0.869. The fraction of sp³-hybridized carbons (Fsp3) is 0.500. The maximum Gasteiger partial charge on any atom is 0.416 e. The molecular weight excluding hydrogens is 299 g/mol. The highest BCUT2D eigenvalue weighted by Crippen LogP contribution is 2.43. The average Bonchev–Trinajstić information content (AvgIpc) is 2.76. The van der Waals surface area contributed by atoms with Crippen LogP contribution in [0.15, 0.2) is 12.1 Å². The highest BCUT2D eigenvalue weighted by molar-refractivity contribution is 7.16. The highest BCUT2D eigenvalue weighted by atomic mass is 32.1. The molecule has 1 aliphatic heterocycles. The molecule has 0 unspecified atom stereocenters. The van der Waals surface area contributed by atoms with Crippen molar-refractivity contribution in [3.8, 4) is 0 Å². The zero-order chi connectivity index (χ0) is 15.4. The molecule has 0 spiro atoms. The fourth-order valence-corrected chi connectivity index (χ4v) is 4.15. The molecule has 114 valence electrons. The molecule has 2 atom stereocenters. The Morgan fingerprint density at radius 2 is 2.14 bits per heavy atom. The Bertz CT molecular complexity index is 744. The predicted molar refractivity (Wildman–Crippen MR) is 76.4 cm³/mol. The monoisotopic (exact) mass is 315 g/mol. The number of halogens is 3. The van der Waals surface area contributed by atoms with Crippen LogP contribution in [0, 0.1) is 5.41 Å². The van der Waals surface area contributed by atoms with Crippen molar-refractivity contribution in [1.29, 1.82) is 5.41 Å². The molecule has 3 rings (SSSR count). The van der Waals surface area contributed by atoms with Crippen LogP contribution in [0.3, 0.4) is 0 Å². The van der Waals surface area contributed by atoms with Gasteiger partial charge in [-0.3, -0.25) is 10.7 Å². The molecule has 1 aromatic heterocycles. The summed E-state index contributed by atoms with van der Waals surface area (Å²) >= 11 is 1.11. The van der Waals surface area contributed by atoms with E-state index in [9.17, 15) is 13.2 Å². The van der Waals surface area contributed by atoms with E-state index >= 15 is 0 Å². The van der Waals surface area contributed by atoms with Gasteiger partial charge in [0.1, 0.15) is 0 Å². The normalized spacial score (nSPS) is 22.0.